The molecule has 0 bridgehead atoms. The number of carbonyl (C=O) groups excluding carboxylic acids is 1. The molecule has 1 amide bonds. The van der Waals surface area contributed by atoms with Crippen LogP contribution in [0.3, 0.4) is 0 Å². The number of nitrogens with one attached hydrogen (secondary N) is 2. The van der Waals surface area contributed by atoms with Crippen molar-refractivity contribution < 1.29 is 9.18 Å². The molecule has 0 aliphatic carbocycles. The van der Waals surface area contributed by atoms with Crippen LogP contribution in [0.4, 0.5) is 4.39 Å². The van der Waals surface area contributed by atoms with E-state index in [1.165, 1.54) is 11.0 Å². The van der Waals surface area contributed by atoms with Gasteiger partial charge in [-0.2, -0.15) is 0 Å². The summed E-state index contributed by atoms with van der Waals surface area (Å²) in [4.78, 5) is 17.5. The van der Waals surface area contributed by atoms with E-state index >= 15 is 0 Å². The Bertz CT molecular complexity index is 523. The molecule has 0 saturated carbocycles. The molecule has 0 aliphatic rings. The summed E-state index contributed by atoms with van der Waals surface area (Å²) in [6, 6.07) is 6.75. The second kappa shape index (κ2) is 11.2. The van der Waals surface area contributed by atoms with E-state index in [0.717, 1.165) is 6.42 Å². The molecule has 23 heavy (non-hydrogen) atoms. The predicted octanol–water partition coefficient (Wildman–Crippen LogP) is 2.37. The predicted molar refractivity (Wildman–Crippen MR) is 103 cm³/mol. The number of carbonyl (C=O) groups is 1. The molecule has 1 rings (SSSR count). The molecular weight excluding hydrogens is 410 g/mol. The molecule has 0 saturated heterocycles. The molecule has 0 aromatic heterocycles. The van der Waals surface area contributed by atoms with Crippen LogP contribution in [0.15, 0.2) is 29.3 Å². The van der Waals surface area contributed by atoms with Crippen LogP contribution < -0.4 is 10.6 Å². The number of aliphatic imine (C=N–C) groups is 1. The number of rotatable bonds is 6. The van der Waals surface area contributed by atoms with Gasteiger partial charge in [-0.05, 0) is 19.4 Å². The van der Waals surface area contributed by atoms with Crippen LogP contribution in [-0.4, -0.2) is 43.4 Å². The van der Waals surface area contributed by atoms with E-state index in [-0.39, 0.29) is 54.8 Å². The van der Waals surface area contributed by atoms with Crippen molar-refractivity contribution in [2.24, 2.45) is 4.99 Å². The Morgan fingerprint density at radius 2 is 2.00 bits per heavy atom. The van der Waals surface area contributed by atoms with Gasteiger partial charge in [0.15, 0.2) is 5.96 Å². The van der Waals surface area contributed by atoms with Gasteiger partial charge in [0, 0.05) is 25.7 Å². The van der Waals surface area contributed by atoms with Crippen molar-refractivity contribution in [3.63, 3.8) is 0 Å². The molecule has 0 aliphatic heterocycles. The van der Waals surface area contributed by atoms with Crippen molar-refractivity contribution in [2.75, 3.05) is 20.6 Å². The summed E-state index contributed by atoms with van der Waals surface area (Å²) in [6.07, 6.45) is 0.919. The van der Waals surface area contributed by atoms with E-state index in [1.54, 1.807) is 32.3 Å². The van der Waals surface area contributed by atoms with E-state index in [1.807, 2.05) is 6.92 Å². The maximum absolute atomic E-state index is 13.6. The first kappa shape index (κ1) is 21.6. The molecule has 0 heterocycles. The number of halogens is 2. The van der Waals surface area contributed by atoms with Gasteiger partial charge in [0.1, 0.15) is 5.82 Å². The molecule has 5 nitrogen and oxygen atoms in total. The minimum absolute atomic E-state index is 0. The van der Waals surface area contributed by atoms with Crippen LogP contribution >= 0.6 is 24.0 Å². The Labute approximate surface area is 154 Å². The van der Waals surface area contributed by atoms with Crippen molar-refractivity contribution in [1.82, 2.24) is 15.5 Å². The summed E-state index contributed by atoms with van der Waals surface area (Å²) in [7, 11) is 3.39. The summed E-state index contributed by atoms with van der Waals surface area (Å²) < 4.78 is 13.6. The molecule has 1 unspecified atom stereocenters. The van der Waals surface area contributed by atoms with Crippen LogP contribution in [-0.2, 0) is 11.3 Å². The fourth-order valence-electron chi connectivity index (χ4n) is 1.60. The maximum atomic E-state index is 13.6. The van der Waals surface area contributed by atoms with Crippen molar-refractivity contribution in [1.29, 1.82) is 0 Å². The van der Waals surface area contributed by atoms with Crippen molar-refractivity contribution >= 4 is 35.8 Å². The summed E-state index contributed by atoms with van der Waals surface area (Å²) >= 11 is 0. The second-order valence-corrected chi connectivity index (χ2v) is 5.35. The highest BCUT2D eigenvalue weighted by atomic mass is 127. The zero-order chi connectivity index (χ0) is 16.5. The average molecular weight is 436 g/mol. The van der Waals surface area contributed by atoms with Gasteiger partial charge in [0.25, 0.3) is 0 Å². The zero-order valence-electron chi connectivity index (χ0n) is 14.1. The summed E-state index contributed by atoms with van der Waals surface area (Å²) in [6.45, 7) is 4.44. The largest absolute Gasteiger partial charge is 0.354 e. The van der Waals surface area contributed by atoms with Crippen molar-refractivity contribution in [3.05, 3.63) is 35.6 Å². The molecule has 1 aromatic rings. The summed E-state index contributed by atoms with van der Waals surface area (Å²) in [5.41, 5.74) is 0.520. The highest BCUT2D eigenvalue weighted by Gasteiger charge is 2.08. The first-order chi connectivity index (χ1) is 10.4. The van der Waals surface area contributed by atoms with Crippen LogP contribution in [0.1, 0.15) is 25.8 Å². The van der Waals surface area contributed by atoms with Gasteiger partial charge in [-0.15, -0.1) is 24.0 Å². The van der Waals surface area contributed by atoms with Crippen molar-refractivity contribution in [3.8, 4) is 0 Å². The molecule has 1 atom stereocenters. The van der Waals surface area contributed by atoms with Crippen LogP contribution in [0, 0.1) is 5.82 Å². The van der Waals surface area contributed by atoms with Crippen LogP contribution in [0.25, 0.3) is 0 Å². The third-order valence-electron chi connectivity index (χ3n) is 3.27. The van der Waals surface area contributed by atoms with Crippen LogP contribution in [0.5, 0.6) is 0 Å². The smallest absolute Gasteiger partial charge is 0.241 e. The first-order valence-electron chi connectivity index (χ1n) is 7.42. The molecule has 0 fully saturated rings. The van der Waals surface area contributed by atoms with E-state index in [0.29, 0.717) is 11.5 Å². The highest BCUT2D eigenvalue weighted by Crippen LogP contribution is 2.07. The van der Waals surface area contributed by atoms with E-state index in [2.05, 4.69) is 22.5 Å². The molecule has 0 spiro atoms. The lowest BCUT2D eigenvalue weighted by molar-refractivity contribution is -0.127. The van der Waals surface area contributed by atoms with Gasteiger partial charge in [0.05, 0.1) is 13.1 Å². The second-order valence-electron chi connectivity index (χ2n) is 5.35. The lowest BCUT2D eigenvalue weighted by atomic mass is 10.2. The van der Waals surface area contributed by atoms with E-state index in [4.69, 9.17) is 0 Å². The minimum Gasteiger partial charge on any atom is -0.354 e. The van der Waals surface area contributed by atoms with Gasteiger partial charge >= 0.3 is 0 Å². The molecule has 130 valence electrons. The zero-order valence-corrected chi connectivity index (χ0v) is 16.4. The fourth-order valence-corrected chi connectivity index (χ4v) is 1.60. The van der Waals surface area contributed by atoms with Crippen LogP contribution in [0.2, 0.25) is 0 Å². The number of guanidine groups is 1. The average Bonchev–Trinajstić information content (AvgIpc) is 2.50. The van der Waals surface area contributed by atoms with Gasteiger partial charge < -0.3 is 15.5 Å². The van der Waals surface area contributed by atoms with E-state index in [9.17, 15) is 9.18 Å². The van der Waals surface area contributed by atoms with Crippen molar-refractivity contribution in [2.45, 2.75) is 32.9 Å². The Balaban J connectivity index is 0.00000484. The number of hydrogen-bond donors (Lipinski definition) is 2. The first-order valence-corrected chi connectivity index (χ1v) is 7.42. The summed E-state index contributed by atoms with van der Waals surface area (Å²) in [5, 5.41) is 6.18. The normalized spacial score (nSPS) is 12.1. The molecular formula is C16H26FIN4O. The molecule has 7 heteroatoms. The topological polar surface area (TPSA) is 56.7 Å². The maximum Gasteiger partial charge on any atom is 0.241 e. The number of nitrogens with zero attached hydrogens (tertiary/aromatic N) is 2. The Kier molecular flexibility index (Phi) is 10.5. The molecule has 0 radical (unpaired) electrons. The molecule has 2 N–H and O–H groups in total. The van der Waals surface area contributed by atoms with Gasteiger partial charge in [-0.1, -0.05) is 25.1 Å². The minimum atomic E-state index is -0.279. The monoisotopic (exact) mass is 436 g/mol. The number of benzene rings is 1. The quantitative estimate of drug-likeness (QED) is 0.409. The fraction of sp³-hybridized carbons (Fsp3) is 0.500. The lowest BCUT2D eigenvalue weighted by Crippen LogP contribution is -2.45. The Morgan fingerprint density at radius 3 is 2.57 bits per heavy atom. The standard InChI is InChI=1S/C16H25FN4O.HI/c1-5-12(2)20-16(19-11-15(22)21(3)4)18-10-13-8-6-7-9-14(13)17;/h6-9,12H,5,10-11H2,1-4H3,(H2,18,19,20);1H. The Morgan fingerprint density at radius 1 is 1.35 bits per heavy atom. The van der Waals surface area contributed by atoms with E-state index < -0.39 is 0 Å². The summed E-state index contributed by atoms with van der Waals surface area (Å²) in [5.74, 6) is 0.177. The van der Waals surface area contributed by atoms with Gasteiger partial charge in [-0.25, -0.2) is 9.38 Å². The highest BCUT2D eigenvalue weighted by molar-refractivity contribution is 14.0. The lowest BCUT2D eigenvalue weighted by Gasteiger charge is -2.18. The molecule has 1 aromatic carbocycles. The number of amides is 1. The van der Waals surface area contributed by atoms with Gasteiger partial charge in [-0.3, -0.25) is 4.79 Å². The SMILES string of the molecule is CCC(C)NC(=NCc1ccccc1F)NCC(=O)N(C)C.I. The number of likely N-dealkylation sites (N-methyl/N-ethyl adjacent to an activating group) is 1. The Hall–Kier alpha value is -1.38. The third-order valence-corrected chi connectivity index (χ3v) is 3.27. The third kappa shape index (κ3) is 8.15. The van der Waals surface area contributed by atoms with Gasteiger partial charge in [0.2, 0.25) is 5.91 Å². The number of hydrogen-bond acceptors (Lipinski definition) is 2.